The van der Waals surface area contributed by atoms with Crippen molar-refractivity contribution in [1.82, 2.24) is 14.8 Å². The van der Waals surface area contributed by atoms with Crippen LogP contribution in [0.4, 0.5) is 0 Å². The molecule has 2 heterocycles. The second kappa shape index (κ2) is 5.57. The number of aromatic hydroxyl groups is 1. The predicted molar refractivity (Wildman–Crippen MR) is 82.0 cm³/mol. The van der Waals surface area contributed by atoms with Crippen molar-refractivity contribution in [1.29, 1.82) is 0 Å². The van der Waals surface area contributed by atoms with Crippen molar-refractivity contribution in [2.45, 2.75) is 25.3 Å². The van der Waals surface area contributed by atoms with Crippen LogP contribution >= 0.6 is 0 Å². The van der Waals surface area contributed by atoms with E-state index in [1.807, 2.05) is 18.2 Å². The van der Waals surface area contributed by atoms with E-state index in [0.717, 1.165) is 11.0 Å². The molecule has 0 aliphatic heterocycles. The van der Waals surface area contributed by atoms with Gasteiger partial charge in [-0.15, -0.1) is 0 Å². The third-order valence-electron chi connectivity index (χ3n) is 4.28. The SMILES string of the molecule is [B][I-]c1cc2nnc(-c3ccccc3O)cc2n1C1CCC1. The van der Waals surface area contributed by atoms with Crippen LogP contribution in [0, 0.1) is 3.70 Å². The molecule has 0 atom stereocenters. The van der Waals surface area contributed by atoms with Crippen LogP contribution < -0.4 is 21.0 Å². The first-order valence-electron chi connectivity index (χ1n) is 7.28. The van der Waals surface area contributed by atoms with Crippen molar-refractivity contribution in [2.75, 3.05) is 0 Å². The fourth-order valence-corrected chi connectivity index (χ4v) is 4.34. The van der Waals surface area contributed by atoms with Crippen LogP contribution in [0.15, 0.2) is 36.4 Å². The van der Waals surface area contributed by atoms with E-state index < -0.39 is 21.0 Å². The zero-order valence-corrected chi connectivity index (χ0v) is 14.1. The van der Waals surface area contributed by atoms with Gasteiger partial charge < -0.3 is 0 Å². The molecule has 110 valence electrons. The standard InChI is InChI=1S/C16H14BIN3O/c17-18-16-9-13-14(21(16)10-4-3-5-10)8-12(19-20-13)11-6-1-2-7-15(11)22/h1-2,6-10,22H,3-5H2/q-1. The van der Waals surface area contributed by atoms with Crippen LogP contribution in [0.2, 0.25) is 0 Å². The Bertz CT molecular complexity index is 845. The summed E-state index contributed by atoms with van der Waals surface area (Å²) in [5.74, 6) is 0.226. The summed E-state index contributed by atoms with van der Waals surface area (Å²) in [6.45, 7) is 0. The van der Waals surface area contributed by atoms with E-state index in [-0.39, 0.29) is 5.75 Å². The minimum absolute atomic E-state index is 0.226. The molecule has 3 aromatic rings. The summed E-state index contributed by atoms with van der Waals surface area (Å²) < 4.78 is 3.56. The second-order valence-corrected chi connectivity index (χ2v) is 7.28. The van der Waals surface area contributed by atoms with Gasteiger partial charge in [0.1, 0.15) is 0 Å². The number of benzene rings is 1. The van der Waals surface area contributed by atoms with Crippen molar-refractivity contribution < 1.29 is 26.1 Å². The second-order valence-electron chi connectivity index (χ2n) is 5.55. The van der Waals surface area contributed by atoms with Crippen LogP contribution in [-0.2, 0) is 0 Å². The third-order valence-corrected chi connectivity index (χ3v) is 5.75. The van der Waals surface area contributed by atoms with Crippen molar-refractivity contribution in [3.05, 3.63) is 40.1 Å². The van der Waals surface area contributed by atoms with Crippen molar-refractivity contribution in [3.8, 4) is 17.0 Å². The van der Waals surface area contributed by atoms with Crippen LogP contribution in [0.25, 0.3) is 22.3 Å². The molecule has 6 heteroatoms. The topological polar surface area (TPSA) is 50.9 Å². The molecule has 1 N–H and O–H groups in total. The van der Waals surface area contributed by atoms with Gasteiger partial charge in [0.25, 0.3) is 0 Å². The van der Waals surface area contributed by atoms with E-state index in [4.69, 9.17) is 5.70 Å². The van der Waals surface area contributed by atoms with E-state index in [2.05, 4.69) is 20.8 Å². The Kier molecular flexibility index (Phi) is 3.56. The number of rotatable bonds is 3. The zero-order valence-electron chi connectivity index (χ0n) is 11.9. The molecule has 0 amide bonds. The van der Waals surface area contributed by atoms with Crippen molar-refractivity contribution >= 4 is 16.7 Å². The number of phenolic OH excluding ortho intramolecular Hbond substituents is 1. The maximum atomic E-state index is 10.0. The number of hydrogen-bond donors (Lipinski definition) is 1. The Morgan fingerprint density at radius 2 is 2.00 bits per heavy atom. The van der Waals surface area contributed by atoms with Gasteiger partial charge in [-0.1, -0.05) is 0 Å². The molecule has 2 radical (unpaired) electrons. The van der Waals surface area contributed by atoms with Gasteiger partial charge in [0, 0.05) is 0 Å². The molecule has 4 nitrogen and oxygen atoms in total. The molecule has 1 aliphatic carbocycles. The summed E-state index contributed by atoms with van der Waals surface area (Å²) >= 11 is -0.492. The van der Waals surface area contributed by atoms with Gasteiger partial charge in [0.2, 0.25) is 0 Å². The molecule has 1 fully saturated rings. The van der Waals surface area contributed by atoms with Crippen molar-refractivity contribution in [3.63, 3.8) is 0 Å². The molecule has 22 heavy (non-hydrogen) atoms. The summed E-state index contributed by atoms with van der Waals surface area (Å²) in [4.78, 5) is 0. The summed E-state index contributed by atoms with van der Waals surface area (Å²) in [6, 6.07) is 11.9. The monoisotopic (exact) mass is 402 g/mol. The van der Waals surface area contributed by atoms with E-state index in [1.54, 1.807) is 12.1 Å². The minimum atomic E-state index is -0.492. The molecule has 2 aromatic heterocycles. The van der Waals surface area contributed by atoms with Crippen LogP contribution in [0.3, 0.4) is 0 Å². The third kappa shape index (κ3) is 2.20. The van der Waals surface area contributed by atoms with E-state index >= 15 is 0 Å². The Hall–Kier alpha value is -1.57. The first-order chi connectivity index (χ1) is 10.8. The summed E-state index contributed by atoms with van der Waals surface area (Å²) in [6.07, 6.45) is 3.68. The zero-order chi connectivity index (χ0) is 15.1. The predicted octanol–water partition coefficient (Wildman–Crippen LogP) is -0.129. The fourth-order valence-electron chi connectivity index (χ4n) is 2.91. The molecule has 0 bridgehead atoms. The van der Waals surface area contributed by atoms with Crippen molar-refractivity contribution in [2.24, 2.45) is 0 Å². The molecule has 4 rings (SSSR count). The molecule has 1 aliphatic rings. The number of halogens is 1. The first-order valence-corrected chi connectivity index (χ1v) is 9.61. The Morgan fingerprint density at radius 1 is 1.18 bits per heavy atom. The Balaban J connectivity index is 1.91. The van der Waals surface area contributed by atoms with E-state index in [0.29, 0.717) is 17.3 Å². The normalized spacial score (nSPS) is 15.3. The van der Waals surface area contributed by atoms with Gasteiger partial charge in [-0.05, 0) is 0 Å². The number of phenols is 1. The van der Waals surface area contributed by atoms with Crippen LogP contribution in [0.1, 0.15) is 25.3 Å². The number of nitrogens with zero attached hydrogens (tertiary/aromatic N) is 3. The van der Waals surface area contributed by atoms with E-state index in [1.165, 1.54) is 23.0 Å². The molecule has 0 spiro atoms. The molecular weight excluding hydrogens is 388 g/mol. The van der Waals surface area contributed by atoms with Gasteiger partial charge in [-0.2, -0.15) is 0 Å². The summed E-state index contributed by atoms with van der Waals surface area (Å²) in [7, 11) is 0. The number of aromatic nitrogens is 3. The first kappa shape index (κ1) is 14.1. The molecule has 1 aromatic carbocycles. The van der Waals surface area contributed by atoms with Gasteiger partial charge in [-0.25, -0.2) is 0 Å². The summed E-state index contributed by atoms with van der Waals surface area (Å²) in [5, 5.41) is 18.7. The van der Waals surface area contributed by atoms with Gasteiger partial charge >= 0.3 is 140 Å². The Labute approximate surface area is 140 Å². The Morgan fingerprint density at radius 3 is 2.68 bits per heavy atom. The average Bonchev–Trinajstić information content (AvgIpc) is 2.84. The van der Waals surface area contributed by atoms with Gasteiger partial charge in [0.15, 0.2) is 0 Å². The van der Waals surface area contributed by atoms with E-state index in [9.17, 15) is 5.11 Å². The van der Waals surface area contributed by atoms with Gasteiger partial charge in [-0.3, -0.25) is 0 Å². The number of hydrogen-bond acceptors (Lipinski definition) is 3. The maximum absolute atomic E-state index is 10.0. The summed E-state index contributed by atoms with van der Waals surface area (Å²) in [5.41, 5.74) is 9.39. The molecular formula is C16H14BIN3O-. The quantitative estimate of drug-likeness (QED) is 0.491. The average molecular weight is 402 g/mol. The number of fused-ring (bicyclic) bond motifs is 1. The van der Waals surface area contributed by atoms with Crippen LogP contribution in [0.5, 0.6) is 5.75 Å². The molecule has 0 unspecified atom stereocenters. The number of para-hydroxylation sites is 1. The fraction of sp³-hybridized carbons (Fsp3) is 0.250. The molecule has 0 saturated heterocycles. The van der Waals surface area contributed by atoms with Gasteiger partial charge in [0.05, 0.1) is 0 Å². The molecule has 1 saturated carbocycles. The van der Waals surface area contributed by atoms with Crippen LogP contribution in [-0.4, -0.2) is 25.6 Å².